The zero-order valence-electron chi connectivity index (χ0n) is 11.0. The van der Waals surface area contributed by atoms with Crippen LogP contribution < -0.4 is 21.3 Å². The highest BCUT2D eigenvalue weighted by molar-refractivity contribution is 5.98. The van der Waals surface area contributed by atoms with Crippen LogP contribution in [-0.2, 0) is 0 Å². The molecule has 0 aliphatic carbocycles. The molecule has 0 atom stereocenters. The summed E-state index contributed by atoms with van der Waals surface area (Å²) in [7, 11) is 0. The summed E-state index contributed by atoms with van der Waals surface area (Å²) in [6.45, 7) is 7.65. The summed E-state index contributed by atoms with van der Waals surface area (Å²) in [5, 5.41) is 10.3. The normalized spacial score (nSPS) is 9.37. The average molecular weight is 262 g/mol. The second-order valence-electron chi connectivity index (χ2n) is 3.84. The molecule has 0 aliphatic heterocycles. The van der Waals surface area contributed by atoms with Crippen LogP contribution in [0.3, 0.4) is 0 Å². The molecule has 6 heteroatoms. The summed E-state index contributed by atoms with van der Waals surface area (Å²) in [5.41, 5.74) is 2.01. The predicted octanol–water partition coefficient (Wildman–Crippen LogP) is 2.40. The summed E-state index contributed by atoms with van der Waals surface area (Å²) < 4.78 is 0. The number of rotatable bonds is 4. The van der Waals surface area contributed by atoms with Crippen LogP contribution in [0.4, 0.5) is 21.0 Å². The van der Waals surface area contributed by atoms with E-state index in [9.17, 15) is 9.59 Å². The maximum atomic E-state index is 11.5. The molecule has 0 unspecified atom stereocenters. The predicted molar refractivity (Wildman–Crippen MR) is 76.2 cm³/mol. The first-order valence-corrected chi connectivity index (χ1v) is 5.90. The lowest BCUT2D eigenvalue weighted by Gasteiger charge is -2.13. The number of hydrogen-bond donors (Lipinski definition) is 4. The Hall–Kier alpha value is -2.50. The van der Waals surface area contributed by atoms with E-state index < -0.39 is 6.03 Å². The molecule has 1 aromatic carbocycles. The highest BCUT2D eigenvalue weighted by Crippen LogP contribution is 2.22. The van der Waals surface area contributed by atoms with Gasteiger partial charge < -0.3 is 21.3 Å². The Balaban J connectivity index is 2.87. The minimum atomic E-state index is -0.417. The van der Waals surface area contributed by atoms with E-state index in [4.69, 9.17) is 0 Å². The topological polar surface area (TPSA) is 82.3 Å². The number of amides is 4. The lowest BCUT2D eigenvalue weighted by Crippen LogP contribution is -2.29. The van der Waals surface area contributed by atoms with Crippen molar-refractivity contribution in [1.82, 2.24) is 10.6 Å². The summed E-state index contributed by atoms with van der Waals surface area (Å²) >= 11 is 0. The van der Waals surface area contributed by atoms with E-state index in [1.54, 1.807) is 12.1 Å². The zero-order chi connectivity index (χ0) is 14.3. The molecule has 6 nitrogen and oxygen atoms in total. The number of carbonyl (C=O) groups excluding carboxylic acids is 2. The highest BCUT2D eigenvalue weighted by atomic mass is 16.2. The van der Waals surface area contributed by atoms with Crippen LogP contribution in [0.2, 0.25) is 0 Å². The number of urea groups is 2. The Kier molecular flexibility index (Phi) is 5.40. The van der Waals surface area contributed by atoms with Crippen molar-refractivity contribution in [3.05, 3.63) is 36.5 Å². The second kappa shape index (κ2) is 7.05. The van der Waals surface area contributed by atoms with Crippen molar-refractivity contribution < 1.29 is 9.59 Å². The molecule has 0 heterocycles. The molecule has 1 rings (SSSR count). The van der Waals surface area contributed by atoms with Crippen molar-refractivity contribution in [2.45, 2.75) is 13.8 Å². The van der Waals surface area contributed by atoms with Gasteiger partial charge in [0.05, 0.1) is 11.4 Å². The first-order valence-electron chi connectivity index (χ1n) is 5.90. The fourth-order valence-electron chi connectivity index (χ4n) is 1.45. The Morgan fingerprint density at radius 3 is 2.53 bits per heavy atom. The van der Waals surface area contributed by atoms with Crippen LogP contribution in [0.15, 0.2) is 31.0 Å². The number of benzene rings is 1. The number of nitrogens with one attached hydrogen (secondary N) is 4. The third-order valence-corrected chi connectivity index (χ3v) is 2.24. The largest absolute Gasteiger partial charge is 0.338 e. The number of carbonyl (C=O) groups is 2. The molecular weight excluding hydrogens is 244 g/mol. The molecule has 0 fully saturated rings. The SMILES string of the molecule is C=CNC(=O)Nc1cc(C)ccc1NC(=O)NCC. The van der Waals surface area contributed by atoms with Gasteiger partial charge in [0.1, 0.15) is 0 Å². The summed E-state index contributed by atoms with van der Waals surface area (Å²) in [5.74, 6) is 0. The third kappa shape index (κ3) is 4.71. The van der Waals surface area contributed by atoms with Crippen molar-refractivity contribution in [3.63, 3.8) is 0 Å². The summed E-state index contributed by atoms with van der Waals surface area (Å²) in [4.78, 5) is 23.0. The van der Waals surface area contributed by atoms with Gasteiger partial charge in [-0.1, -0.05) is 12.6 Å². The van der Waals surface area contributed by atoms with Crippen LogP contribution in [0.1, 0.15) is 12.5 Å². The first kappa shape index (κ1) is 14.6. The number of hydrogen-bond acceptors (Lipinski definition) is 2. The van der Waals surface area contributed by atoms with Crippen molar-refractivity contribution in [1.29, 1.82) is 0 Å². The molecule has 0 saturated heterocycles. The molecule has 0 radical (unpaired) electrons. The van der Waals surface area contributed by atoms with Gasteiger partial charge in [-0.2, -0.15) is 0 Å². The quantitative estimate of drug-likeness (QED) is 0.672. The Bertz CT molecular complexity index is 486. The van der Waals surface area contributed by atoms with Crippen LogP contribution in [0.5, 0.6) is 0 Å². The summed E-state index contributed by atoms with van der Waals surface area (Å²) in [6.07, 6.45) is 1.28. The van der Waals surface area contributed by atoms with E-state index >= 15 is 0 Å². The van der Waals surface area contributed by atoms with Gasteiger partial charge in [-0.3, -0.25) is 0 Å². The molecule has 0 aromatic heterocycles. The molecular formula is C13H18N4O2. The van der Waals surface area contributed by atoms with E-state index in [0.717, 1.165) is 5.56 Å². The maximum absolute atomic E-state index is 11.5. The van der Waals surface area contributed by atoms with Crippen molar-refractivity contribution in [2.24, 2.45) is 0 Å². The second-order valence-corrected chi connectivity index (χ2v) is 3.84. The fourth-order valence-corrected chi connectivity index (χ4v) is 1.45. The van der Waals surface area contributed by atoms with E-state index in [1.807, 2.05) is 19.9 Å². The minimum absolute atomic E-state index is 0.321. The van der Waals surface area contributed by atoms with E-state index in [2.05, 4.69) is 27.8 Å². The van der Waals surface area contributed by atoms with E-state index in [1.165, 1.54) is 6.20 Å². The molecule has 19 heavy (non-hydrogen) atoms. The Morgan fingerprint density at radius 2 is 1.89 bits per heavy atom. The number of anilines is 2. The lowest BCUT2D eigenvalue weighted by molar-refractivity contribution is 0.252. The maximum Gasteiger partial charge on any atom is 0.323 e. The average Bonchev–Trinajstić information content (AvgIpc) is 2.33. The third-order valence-electron chi connectivity index (χ3n) is 2.24. The smallest absolute Gasteiger partial charge is 0.323 e. The van der Waals surface area contributed by atoms with Gasteiger partial charge in [0.25, 0.3) is 0 Å². The van der Waals surface area contributed by atoms with Gasteiger partial charge in [0, 0.05) is 6.54 Å². The number of aryl methyl sites for hydroxylation is 1. The van der Waals surface area contributed by atoms with Gasteiger partial charge in [0.15, 0.2) is 0 Å². The highest BCUT2D eigenvalue weighted by Gasteiger charge is 2.08. The van der Waals surface area contributed by atoms with Gasteiger partial charge in [-0.25, -0.2) is 9.59 Å². The monoisotopic (exact) mass is 262 g/mol. The molecule has 4 amide bonds. The molecule has 0 bridgehead atoms. The first-order chi connectivity index (χ1) is 9.06. The van der Waals surface area contributed by atoms with Crippen LogP contribution in [-0.4, -0.2) is 18.6 Å². The minimum Gasteiger partial charge on any atom is -0.338 e. The standard InChI is InChI=1S/C13H18N4O2/c1-4-14-12(18)16-10-7-6-9(3)8-11(10)17-13(19)15-5-2/h5-8H,2,4H2,1,3H3,(H2,14,16,18)(H2,15,17,19). The molecule has 0 aliphatic rings. The van der Waals surface area contributed by atoms with Gasteiger partial charge in [-0.05, 0) is 37.7 Å². The lowest BCUT2D eigenvalue weighted by atomic mass is 10.2. The molecule has 0 spiro atoms. The fraction of sp³-hybridized carbons (Fsp3) is 0.231. The van der Waals surface area contributed by atoms with E-state index in [0.29, 0.717) is 17.9 Å². The molecule has 102 valence electrons. The Labute approximate surface area is 112 Å². The van der Waals surface area contributed by atoms with Crippen LogP contribution >= 0.6 is 0 Å². The Morgan fingerprint density at radius 1 is 1.21 bits per heavy atom. The zero-order valence-corrected chi connectivity index (χ0v) is 11.0. The van der Waals surface area contributed by atoms with Crippen molar-refractivity contribution in [3.8, 4) is 0 Å². The van der Waals surface area contributed by atoms with Crippen LogP contribution in [0, 0.1) is 6.92 Å². The summed E-state index contributed by atoms with van der Waals surface area (Å²) in [6, 6.07) is 4.61. The molecule has 4 N–H and O–H groups in total. The molecule has 1 aromatic rings. The van der Waals surface area contributed by atoms with E-state index in [-0.39, 0.29) is 6.03 Å². The van der Waals surface area contributed by atoms with Gasteiger partial charge >= 0.3 is 12.1 Å². The van der Waals surface area contributed by atoms with Crippen molar-refractivity contribution in [2.75, 3.05) is 17.2 Å². The van der Waals surface area contributed by atoms with Gasteiger partial charge in [0.2, 0.25) is 0 Å². The van der Waals surface area contributed by atoms with Gasteiger partial charge in [-0.15, -0.1) is 0 Å². The van der Waals surface area contributed by atoms with Crippen LogP contribution in [0.25, 0.3) is 0 Å². The molecule has 0 saturated carbocycles. The van der Waals surface area contributed by atoms with Crippen molar-refractivity contribution >= 4 is 23.4 Å².